The van der Waals surface area contributed by atoms with Crippen molar-refractivity contribution in [3.8, 4) is 0 Å². The van der Waals surface area contributed by atoms with E-state index in [1.165, 1.54) is 11.8 Å². The van der Waals surface area contributed by atoms with Gasteiger partial charge in [0.05, 0.1) is 11.8 Å². The lowest BCUT2D eigenvalue weighted by atomic mass is 10.1. The van der Waals surface area contributed by atoms with Crippen LogP contribution >= 0.6 is 11.8 Å². The first-order valence-electron chi connectivity index (χ1n) is 6.54. The van der Waals surface area contributed by atoms with Gasteiger partial charge in [0.15, 0.2) is 0 Å². The highest BCUT2D eigenvalue weighted by atomic mass is 32.2. The van der Waals surface area contributed by atoms with E-state index in [4.69, 9.17) is 10.2 Å². The molecular formula is C14H18N4O2S. The molecule has 0 unspecified atom stereocenters. The van der Waals surface area contributed by atoms with Crippen LogP contribution in [0.2, 0.25) is 0 Å². The normalized spacial score (nSPS) is 12.2. The predicted octanol–water partition coefficient (Wildman–Crippen LogP) is 2.44. The molecule has 21 heavy (non-hydrogen) atoms. The zero-order valence-corrected chi connectivity index (χ0v) is 13.0. The Hall–Kier alpha value is -1.86. The predicted molar refractivity (Wildman–Crippen MR) is 82.2 cm³/mol. The Morgan fingerprint density at radius 1 is 1.43 bits per heavy atom. The van der Waals surface area contributed by atoms with Gasteiger partial charge >= 0.3 is 0 Å². The van der Waals surface area contributed by atoms with Crippen molar-refractivity contribution in [3.05, 3.63) is 35.2 Å². The van der Waals surface area contributed by atoms with Crippen LogP contribution in [0.25, 0.3) is 0 Å². The van der Waals surface area contributed by atoms with E-state index in [2.05, 4.69) is 15.5 Å². The second-order valence-electron chi connectivity index (χ2n) is 4.85. The fourth-order valence-electron chi connectivity index (χ4n) is 1.73. The molecule has 6 nitrogen and oxygen atoms in total. The molecule has 1 heterocycles. The average Bonchev–Trinajstić information content (AvgIpc) is 2.89. The highest BCUT2D eigenvalue weighted by Gasteiger charge is 2.12. The summed E-state index contributed by atoms with van der Waals surface area (Å²) in [6, 6.07) is 5.57. The number of benzene rings is 1. The standard InChI is InChI=1S/C14H18N4O2S/c1-8-4-5-11(9(2)6-8)16-12(19)7-21-14-18-17-13(20-14)10(3)15/h4-6,10H,7,15H2,1-3H3,(H,16,19)/t10-/m0/s1. The van der Waals surface area contributed by atoms with Crippen LogP contribution in [0.1, 0.15) is 30.0 Å². The third-order valence-corrected chi connectivity index (χ3v) is 3.61. The second-order valence-corrected chi connectivity index (χ2v) is 5.78. The Kier molecular flexibility index (Phi) is 4.98. The number of hydrogen-bond donors (Lipinski definition) is 2. The molecule has 3 N–H and O–H groups in total. The number of aryl methyl sites for hydroxylation is 2. The minimum absolute atomic E-state index is 0.118. The largest absolute Gasteiger partial charge is 0.414 e. The highest BCUT2D eigenvalue weighted by molar-refractivity contribution is 7.99. The van der Waals surface area contributed by atoms with Crippen molar-refractivity contribution in [1.82, 2.24) is 10.2 Å². The van der Waals surface area contributed by atoms with Crippen molar-refractivity contribution in [2.45, 2.75) is 32.0 Å². The minimum Gasteiger partial charge on any atom is -0.414 e. The van der Waals surface area contributed by atoms with Crippen LogP contribution in [0.4, 0.5) is 5.69 Å². The number of amides is 1. The highest BCUT2D eigenvalue weighted by Crippen LogP contribution is 2.20. The van der Waals surface area contributed by atoms with Crippen LogP contribution < -0.4 is 11.1 Å². The molecule has 2 rings (SSSR count). The first kappa shape index (κ1) is 15.5. The summed E-state index contributed by atoms with van der Waals surface area (Å²) in [6.07, 6.45) is 0. The molecule has 0 radical (unpaired) electrons. The summed E-state index contributed by atoms with van der Waals surface area (Å²) < 4.78 is 5.32. The van der Waals surface area contributed by atoms with Crippen LogP contribution in [-0.2, 0) is 4.79 Å². The Morgan fingerprint density at radius 3 is 2.81 bits per heavy atom. The monoisotopic (exact) mass is 306 g/mol. The maximum absolute atomic E-state index is 11.9. The molecule has 0 aliphatic heterocycles. The molecule has 1 amide bonds. The Bertz CT molecular complexity index is 640. The van der Waals surface area contributed by atoms with Gasteiger partial charge in [-0.15, -0.1) is 10.2 Å². The molecule has 0 bridgehead atoms. The summed E-state index contributed by atoms with van der Waals surface area (Å²) in [6.45, 7) is 5.73. The van der Waals surface area contributed by atoms with Gasteiger partial charge in [-0.05, 0) is 32.4 Å². The lowest BCUT2D eigenvalue weighted by molar-refractivity contribution is -0.113. The van der Waals surface area contributed by atoms with Gasteiger partial charge < -0.3 is 15.5 Å². The van der Waals surface area contributed by atoms with Crippen molar-refractivity contribution >= 4 is 23.4 Å². The molecule has 1 aromatic heterocycles. The van der Waals surface area contributed by atoms with Crippen molar-refractivity contribution in [3.63, 3.8) is 0 Å². The topological polar surface area (TPSA) is 94.0 Å². The summed E-state index contributed by atoms with van der Waals surface area (Å²) in [5.74, 6) is 0.452. The summed E-state index contributed by atoms with van der Waals surface area (Å²) in [7, 11) is 0. The molecule has 0 fully saturated rings. The third kappa shape index (κ3) is 4.30. The lowest BCUT2D eigenvalue weighted by Crippen LogP contribution is -2.14. The molecule has 0 saturated carbocycles. The molecule has 0 spiro atoms. The minimum atomic E-state index is -0.309. The smallest absolute Gasteiger partial charge is 0.277 e. The first-order chi connectivity index (χ1) is 9.95. The van der Waals surface area contributed by atoms with Crippen molar-refractivity contribution in [2.75, 3.05) is 11.1 Å². The number of anilines is 1. The summed E-state index contributed by atoms with van der Waals surface area (Å²) >= 11 is 1.19. The van der Waals surface area contributed by atoms with Crippen molar-refractivity contribution in [2.24, 2.45) is 5.73 Å². The van der Waals surface area contributed by atoms with Gasteiger partial charge in [-0.1, -0.05) is 29.5 Å². The number of carbonyl (C=O) groups excluding carboxylic acids is 1. The van der Waals surface area contributed by atoms with Gasteiger partial charge in [0.1, 0.15) is 0 Å². The van der Waals surface area contributed by atoms with Crippen LogP contribution in [0.3, 0.4) is 0 Å². The van der Waals surface area contributed by atoms with Gasteiger partial charge in [-0.25, -0.2) is 0 Å². The maximum atomic E-state index is 11.9. The molecular weight excluding hydrogens is 288 g/mol. The molecule has 7 heteroatoms. The molecule has 112 valence electrons. The Morgan fingerprint density at radius 2 is 2.19 bits per heavy atom. The van der Waals surface area contributed by atoms with E-state index in [-0.39, 0.29) is 17.7 Å². The third-order valence-electron chi connectivity index (χ3n) is 2.79. The van der Waals surface area contributed by atoms with E-state index in [0.717, 1.165) is 16.8 Å². The number of nitrogens with two attached hydrogens (primary N) is 1. The number of thioether (sulfide) groups is 1. The first-order valence-corrected chi connectivity index (χ1v) is 7.53. The van der Waals surface area contributed by atoms with Crippen LogP contribution in [0.15, 0.2) is 27.8 Å². The summed E-state index contributed by atoms with van der Waals surface area (Å²) in [5, 5.41) is 10.8. The molecule has 0 saturated heterocycles. The molecule has 2 aromatic rings. The fourth-order valence-corrected chi connectivity index (χ4v) is 2.30. The fraction of sp³-hybridized carbons (Fsp3) is 0.357. The van der Waals surface area contributed by atoms with Gasteiger partial charge in [0.25, 0.3) is 5.22 Å². The van der Waals surface area contributed by atoms with Gasteiger partial charge in [-0.2, -0.15) is 0 Å². The van der Waals surface area contributed by atoms with Crippen molar-refractivity contribution < 1.29 is 9.21 Å². The van der Waals surface area contributed by atoms with E-state index in [9.17, 15) is 4.79 Å². The van der Waals surface area contributed by atoms with Gasteiger partial charge in [0.2, 0.25) is 11.8 Å². The van der Waals surface area contributed by atoms with Crippen LogP contribution in [0, 0.1) is 13.8 Å². The molecule has 0 aliphatic carbocycles. The number of carbonyl (C=O) groups is 1. The zero-order chi connectivity index (χ0) is 15.4. The number of aromatic nitrogens is 2. The summed E-state index contributed by atoms with van der Waals surface area (Å²) in [4.78, 5) is 11.9. The Balaban J connectivity index is 1.89. The number of nitrogens with zero attached hydrogens (tertiary/aromatic N) is 2. The van der Waals surface area contributed by atoms with Gasteiger partial charge in [0, 0.05) is 5.69 Å². The van der Waals surface area contributed by atoms with E-state index >= 15 is 0 Å². The van der Waals surface area contributed by atoms with Gasteiger partial charge in [-0.3, -0.25) is 4.79 Å². The molecule has 1 atom stereocenters. The van der Waals surface area contributed by atoms with Crippen LogP contribution in [-0.4, -0.2) is 21.9 Å². The SMILES string of the molecule is Cc1ccc(NC(=O)CSc2nnc([C@H](C)N)o2)c(C)c1. The quantitative estimate of drug-likeness (QED) is 0.824. The second kappa shape index (κ2) is 6.73. The van der Waals surface area contributed by atoms with Crippen molar-refractivity contribution in [1.29, 1.82) is 0 Å². The van der Waals surface area contributed by atoms with E-state index in [0.29, 0.717) is 11.1 Å². The number of hydrogen-bond acceptors (Lipinski definition) is 6. The maximum Gasteiger partial charge on any atom is 0.277 e. The lowest BCUT2D eigenvalue weighted by Gasteiger charge is -2.08. The van der Waals surface area contributed by atoms with Crippen LogP contribution in [0.5, 0.6) is 0 Å². The Labute approximate surface area is 127 Å². The van der Waals surface area contributed by atoms with E-state index in [1.807, 2.05) is 32.0 Å². The van der Waals surface area contributed by atoms with E-state index in [1.54, 1.807) is 6.92 Å². The molecule has 1 aromatic carbocycles. The average molecular weight is 306 g/mol. The van der Waals surface area contributed by atoms with E-state index < -0.39 is 0 Å². The summed E-state index contributed by atoms with van der Waals surface area (Å²) in [5.41, 5.74) is 8.64. The number of nitrogens with one attached hydrogen (secondary N) is 1. The molecule has 0 aliphatic rings. The number of rotatable bonds is 5. The zero-order valence-electron chi connectivity index (χ0n) is 12.2.